The van der Waals surface area contributed by atoms with Crippen molar-refractivity contribution in [1.29, 1.82) is 0 Å². The van der Waals surface area contributed by atoms with Crippen molar-refractivity contribution in [3.05, 3.63) is 95.6 Å². The number of hydrazone groups is 1. The topological polar surface area (TPSA) is 82.1 Å². The summed E-state index contributed by atoms with van der Waals surface area (Å²) in [6.07, 6.45) is 1.52. The Bertz CT molecular complexity index is 1310. The van der Waals surface area contributed by atoms with Crippen molar-refractivity contribution in [2.24, 2.45) is 5.10 Å². The van der Waals surface area contributed by atoms with Crippen LogP contribution in [-0.4, -0.2) is 44.6 Å². The number of amides is 1. The maximum Gasteiger partial charge on any atom is 0.264 e. The second kappa shape index (κ2) is 11.5. The van der Waals surface area contributed by atoms with Crippen molar-refractivity contribution in [1.82, 2.24) is 10.3 Å². The second-order valence-corrected chi connectivity index (χ2v) is 11.0. The van der Waals surface area contributed by atoms with E-state index in [9.17, 15) is 13.2 Å². The number of nitrogens with zero attached hydrogens (tertiary/aromatic N) is 3. The number of nitrogens with one attached hydrogen (secondary N) is 1. The smallest absolute Gasteiger partial charge is 0.264 e. The molecule has 36 heavy (non-hydrogen) atoms. The van der Waals surface area contributed by atoms with Crippen molar-refractivity contribution in [3.63, 3.8) is 0 Å². The van der Waals surface area contributed by atoms with Crippen LogP contribution >= 0.6 is 0 Å². The normalized spacial score (nSPS) is 14.3. The van der Waals surface area contributed by atoms with Gasteiger partial charge in [-0.3, -0.25) is 14.0 Å². The summed E-state index contributed by atoms with van der Waals surface area (Å²) >= 11 is 0. The molecule has 0 aliphatic carbocycles. The minimum Gasteiger partial charge on any atom is -0.298 e. The SMILES string of the molecule is Cc1ccc(S(=O)(=O)N(CC(=O)NN=C2CCN(Cc3ccccc3)CC2)c2cccc(C)c2)cc1. The van der Waals surface area contributed by atoms with Gasteiger partial charge in [-0.05, 0) is 49.2 Å². The number of aryl methyl sites for hydroxylation is 2. The van der Waals surface area contributed by atoms with Crippen molar-refractivity contribution >= 4 is 27.3 Å². The van der Waals surface area contributed by atoms with Gasteiger partial charge >= 0.3 is 0 Å². The number of anilines is 1. The van der Waals surface area contributed by atoms with Gasteiger partial charge in [-0.25, -0.2) is 13.8 Å². The van der Waals surface area contributed by atoms with E-state index in [1.54, 1.807) is 42.5 Å². The predicted molar refractivity (Wildman–Crippen MR) is 143 cm³/mol. The molecule has 0 atom stereocenters. The van der Waals surface area contributed by atoms with Crippen molar-refractivity contribution in [3.8, 4) is 0 Å². The summed E-state index contributed by atoms with van der Waals surface area (Å²) in [6, 6.07) is 24.1. The summed E-state index contributed by atoms with van der Waals surface area (Å²) in [6.45, 7) is 6.03. The van der Waals surface area contributed by atoms with E-state index in [1.165, 1.54) is 5.56 Å². The highest BCUT2D eigenvalue weighted by atomic mass is 32.2. The van der Waals surface area contributed by atoms with E-state index >= 15 is 0 Å². The van der Waals surface area contributed by atoms with Gasteiger partial charge in [0.1, 0.15) is 6.54 Å². The largest absolute Gasteiger partial charge is 0.298 e. The van der Waals surface area contributed by atoms with Crippen LogP contribution in [0.1, 0.15) is 29.5 Å². The molecule has 3 aromatic carbocycles. The van der Waals surface area contributed by atoms with Crippen molar-refractivity contribution in [2.75, 3.05) is 23.9 Å². The lowest BCUT2D eigenvalue weighted by Crippen LogP contribution is -2.40. The van der Waals surface area contributed by atoms with Gasteiger partial charge in [-0.15, -0.1) is 0 Å². The summed E-state index contributed by atoms with van der Waals surface area (Å²) in [7, 11) is -3.95. The molecular weight excluding hydrogens is 472 g/mol. The number of piperidine rings is 1. The molecule has 0 radical (unpaired) electrons. The lowest BCUT2D eigenvalue weighted by atomic mass is 10.1. The van der Waals surface area contributed by atoms with E-state index in [0.29, 0.717) is 5.69 Å². The van der Waals surface area contributed by atoms with Crippen LogP contribution in [0.4, 0.5) is 5.69 Å². The monoisotopic (exact) mass is 504 g/mol. The van der Waals surface area contributed by atoms with Crippen molar-refractivity contribution < 1.29 is 13.2 Å². The fourth-order valence-electron chi connectivity index (χ4n) is 4.17. The molecule has 1 N–H and O–H groups in total. The van der Waals surface area contributed by atoms with E-state index in [2.05, 4.69) is 27.6 Å². The molecular formula is C28H32N4O3S. The third kappa shape index (κ3) is 6.59. The molecule has 0 saturated carbocycles. The number of rotatable bonds is 8. The molecule has 0 aromatic heterocycles. The van der Waals surface area contributed by atoms with Crippen molar-refractivity contribution in [2.45, 2.75) is 38.1 Å². The summed E-state index contributed by atoms with van der Waals surface area (Å²) in [5.74, 6) is -0.480. The highest BCUT2D eigenvalue weighted by Gasteiger charge is 2.27. The summed E-state index contributed by atoms with van der Waals surface area (Å²) < 4.78 is 28.1. The first-order valence-electron chi connectivity index (χ1n) is 12.1. The molecule has 1 aliphatic rings. The standard InChI is InChI=1S/C28H32N4O3S/c1-22-11-13-27(14-12-22)36(34,35)32(26-10-6-7-23(2)19-26)21-28(33)30-29-25-15-17-31(18-16-25)20-24-8-4-3-5-9-24/h3-14,19H,15-18,20-21H2,1-2H3,(H,30,33). The number of sulfonamides is 1. The van der Waals surface area contributed by atoms with Gasteiger partial charge in [0.25, 0.3) is 15.9 Å². The Kier molecular flexibility index (Phi) is 8.18. The Balaban J connectivity index is 1.42. The van der Waals surface area contributed by atoms with Gasteiger partial charge in [0.2, 0.25) is 0 Å². The molecule has 0 unspecified atom stereocenters. The molecule has 1 heterocycles. The lowest BCUT2D eigenvalue weighted by molar-refractivity contribution is -0.119. The molecule has 0 bridgehead atoms. The van der Waals surface area contributed by atoms with E-state index in [4.69, 9.17) is 0 Å². The zero-order chi connectivity index (χ0) is 25.5. The molecule has 1 fully saturated rings. The minimum atomic E-state index is -3.95. The van der Waals surface area contributed by atoms with Gasteiger partial charge in [-0.1, -0.05) is 60.2 Å². The van der Waals surface area contributed by atoms with E-state index in [1.807, 2.05) is 38.1 Å². The van der Waals surface area contributed by atoms with E-state index in [-0.39, 0.29) is 11.4 Å². The number of carbonyl (C=O) groups excluding carboxylic acids is 1. The van der Waals surface area contributed by atoms with E-state index < -0.39 is 15.9 Å². The Labute approximate surface area is 213 Å². The van der Waals surface area contributed by atoms with Crippen LogP contribution in [0.5, 0.6) is 0 Å². The molecule has 8 heteroatoms. The Morgan fingerprint density at radius 2 is 1.61 bits per heavy atom. The molecule has 1 amide bonds. The molecule has 7 nitrogen and oxygen atoms in total. The first kappa shape index (κ1) is 25.6. The third-order valence-electron chi connectivity index (χ3n) is 6.21. The first-order chi connectivity index (χ1) is 17.3. The quantitative estimate of drug-likeness (QED) is 0.465. The number of carbonyl (C=O) groups is 1. The first-order valence-corrected chi connectivity index (χ1v) is 13.5. The maximum absolute atomic E-state index is 13.5. The highest BCUT2D eigenvalue weighted by molar-refractivity contribution is 7.92. The zero-order valence-electron chi connectivity index (χ0n) is 20.7. The predicted octanol–water partition coefficient (Wildman–Crippen LogP) is 4.27. The van der Waals surface area contributed by atoms with Crippen LogP contribution in [0, 0.1) is 13.8 Å². The molecule has 0 spiro atoms. The minimum absolute atomic E-state index is 0.138. The average Bonchev–Trinajstić information content (AvgIpc) is 2.87. The van der Waals surface area contributed by atoms with E-state index in [0.717, 1.165) is 53.6 Å². The molecule has 1 saturated heterocycles. The van der Waals surface area contributed by atoms with Crippen LogP contribution < -0.4 is 9.73 Å². The maximum atomic E-state index is 13.5. The van der Waals surface area contributed by atoms with Crippen LogP contribution in [0.3, 0.4) is 0 Å². The fraction of sp³-hybridized carbons (Fsp3) is 0.286. The summed E-state index contributed by atoms with van der Waals surface area (Å²) in [5, 5.41) is 4.32. The van der Waals surface area contributed by atoms with Gasteiger partial charge < -0.3 is 0 Å². The van der Waals surface area contributed by atoms with Crippen LogP contribution in [0.15, 0.2) is 88.9 Å². The van der Waals surface area contributed by atoms with Crippen LogP contribution in [-0.2, 0) is 21.4 Å². The third-order valence-corrected chi connectivity index (χ3v) is 7.99. The lowest BCUT2D eigenvalue weighted by Gasteiger charge is -2.27. The molecule has 188 valence electrons. The number of hydrogen-bond donors (Lipinski definition) is 1. The Morgan fingerprint density at radius 3 is 2.28 bits per heavy atom. The molecule has 4 rings (SSSR count). The van der Waals surface area contributed by atoms with Crippen LogP contribution in [0.2, 0.25) is 0 Å². The summed E-state index contributed by atoms with van der Waals surface area (Å²) in [5.41, 5.74) is 7.07. The Morgan fingerprint density at radius 1 is 0.917 bits per heavy atom. The Hall–Kier alpha value is -3.49. The van der Waals surface area contributed by atoms with Gasteiger partial charge in [0.15, 0.2) is 0 Å². The number of likely N-dealkylation sites (tertiary alicyclic amines) is 1. The second-order valence-electron chi connectivity index (χ2n) is 9.14. The van der Waals surface area contributed by atoms with Crippen LogP contribution in [0.25, 0.3) is 0 Å². The zero-order valence-corrected chi connectivity index (χ0v) is 21.5. The number of hydrogen-bond acceptors (Lipinski definition) is 5. The molecule has 3 aromatic rings. The highest BCUT2D eigenvalue weighted by Crippen LogP contribution is 2.24. The van der Waals surface area contributed by atoms with Gasteiger partial charge in [0, 0.05) is 38.2 Å². The van der Waals surface area contributed by atoms with Gasteiger partial charge in [0.05, 0.1) is 10.6 Å². The van der Waals surface area contributed by atoms with Gasteiger partial charge in [-0.2, -0.15) is 5.10 Å². The molecule has 1 aliphatic heterocycles. The summed E-state index contributed by atoms with van der Waals surface area (Å²) in [4.78, 5) is 15.4. The fourth-order valence-corrected chi connectivity index (χ4v) is 5.58. The average molecular weight is 505 g/mol. The number of benzene rings is 3.